The first kappa shape index (κ1) is 93.0. The first-order chi connectivity index (χ1) is 55.1. The summed E-state index contributed by atoms with van der Waals surface area (Å²) < 4.78 is 122. The van der Waals surface area contributed by atoms with Gasteiger partial charge >= 0.3 is 60.7 Å². The number of imidazole rings is 2. The number of carbonyl (C=O) groups is 3. The maximum Gasteiger partial charge on any atom is 0.472 e. The number of amides is 1. The van der Waals surface area contributed by atoms with Gasteiger partial charge in [-0.25, -0.2) is 67.3 Å². The number of phosphoric ester groups is 4. The number of anilines is 4. The average molecular weight is 1740 g/mol. The molecule has 55 nitrogen and oxygen atoms in total. The molecule has 4 aliphatic rings. The minimum Gasteiger partial charge on any atom is -0.455 e. The summed E-state index contributed by atoms with van der Waals surface area (Å²) in [4.78, 5) is 157. The number of aromatic nitrogens is 12. The van der Waals surface area contributed by atoms with Gasteiger partial charge in [0.25, 0.3) is 0 Å². The molecule has 59 heteroatoms. The third kappa shape index (κ3) is 27.0. The molecule has 6 aromatic heterocycles. The Labute approximate surface area is 658 Å². The number of carbonyl (C=O) groups excluding carboxylic acids is 3. The van der Waals surface area contributed by atoms with Gasteiger partial charge in [0.2, 0.25) is 0 Å². The number of fused-ring (bicyclic) bond motifs is 2. The fourth-order valence-electron chi connectivity index (χ4n) is 11.6. The first-order valence-corrected chi connectivity index (χ1v) is 40.8. The van der Waals surface area contributed by atoms with Gasteiger partial charge in [0.05, 0.1) is 45.0 Å². The van der Waals surface area contributed by atoms with Crippen molar-refractivity contribution in [3.05, 3.63) is 91.7 Å². The molecule has 18 N–H and O–H groups in total. The molecular formula is C58H84N24O31P4. The van der Waals surface area contributed by atoms with Crippen molar-refractivity contribution < 1.29 is 138 Å². The van der Waals surface area contributed by atoms with Crippen LogP contribution in [0.3, 0.4) is 0 Å². The normalized spacial score (nSPS) is 24.7. The molecule has 0 aromatic carbocycles. The second-order valence-electron chi connectivity index (χ2n) is 26.6. The molecule has 0 radical (unpaired) electrons. The molecule has 18 atom stereocenters. The summed E-state index contributed by atoms with van der Waals surface area (Å²) >= 11 is 0. The van der Waals surface area contributed by atoms with Crippen molar-refractivity contribution in [1.29, 1.82) is 5.26 Å². The van der Waals surface area contributed by atoms with E-state index in [0.29, 0.717) is 19.4 Å². The van der Waals surface area contributed by atoms with Gasteiger partial charge in [-0.3, -0.25) is 50.2 Å². The number of rotatable bonds is 35. The van der Waals surface area contributed by atoms with Crippen LogP contribution >= 0.6 is 31.3 Å². The molecule has 6 aromatic rings. The van der Waals surface area contributed by atoms with Crippen molar-refractivity contribution in [2.24, 2.45) is 16.1 Å². The Kier molecular flexibility index (Phi) is 32.8. The number of aliphatic hydroxyl groups excluding tert-OH is 3. The van der Waals surface area contributed by atoms with Gasteiger partial charge in [-0.05, 0) is 69.6 Å². The number of hydrogen-bond donors (Lipinski definition) is 14. The van der Waals surface area contributed by atoms with E-state index in [1.807, 2.05) is 0 Å². The van der Waals surface area contributed by atoms with Crippen LogP contribution in [-0.4, -0.2) is 240 Å². The number of nitrogen functional groups attached to an aromatic ring is 4. The maximum absolute atomic E-state index is 13.8. The smallest absolute Gasteiger partial charge is 0.455 e. The van der Waals surface area contributed by atoms with Gasteiger partial charge in [0.1, 0.15) is 120 Å². The lowest BCUT2D eigenvalue weighted by molar-refractivity contribution is -0.159. The monoisotopic (exact) mass is 1740 g/mol. The molecule has 4 saturated heterocycles. The highest BCUT2D eigenvalue weighted by Gasteiger charge is 2.52. The summed E-state index contributed by atoms with van der Waals surface area (Å²) in [5.41, 5.74) is 37.4. The molecule has 10 heterocycles. The third-order valence-corrected chi connectivity index (χ3v) is 20.0. The van der Waals surface area contributed by atoms with E-state index in [2.05, 4.69) is 79.0 Å². The van der Waals surface area contributed by atoms with Crippen LogP contribution in [0.15, 0.2) is 69.7 Å². The van der Waals surface area contributed by atoms with Crippen LogP contribution in [0.25, 0.3) is 43.2 Å². The van der Waals surface area contributed by atoms with Crippen molar-refractivity contribution in [3.63, 3.8) is 0 Å². The standard InChI is InChI=1S/C30H44N12O16P2.C19H26N8O13P2.C9H14N4O2/c1-30(2,3)57-29(46)38-15(6-4-5-8-37-40-33)27(44)56-23-18(55-26(22(23)43)42-14-36-21-24(32)34-13-35-25(21)42)12-53-60(50,51)58-16-10-20(41-9-7-19(31)39-28(41)45)54-17(16)11-52-59(47,48)49;20-11-1-2-26(19(30)25-11)12-3-8(9(38-12)4-36-41(31,32)33)40-42(34,35)37-5-10-14(28)15(29)18(39-10)27-7-24-13-16(21)22-6-23-17(13)27;1-8(9(14)15-7-5-10)4-2-3-6-12-13-11/h7,9,13-18,20,22-23,26,43H,4-6,8,10-12H2,1-3H3,(H,38,46)(H,50,51)(H2,31,39,45)(H2,32,34,35)(H2,47,48,49);1-2,6-10,12,14-15,18,28-29H,3-5H2,(H,34,35)(H2,20,25,30)(H2,21,22,23)(H2,31,32,33);8H,2-4,6-7H2,1H3/t15-,16-,17+,18+,20+,22+,23+,26+;8-,9+,10+,12+,14+,15+,18+;8-/m000/s1. The Hall–Kier alpha value is -9.46. The van der Waals surface area contributed by atoms with Crippen LogP contribution in [0.4, 0.5) is 28.1 Å². The van der Waals surface area contributed by atoms with Crippen molar-refractivity contribution in [2.45, 2.75) is 177 Å². The summed E-state index contributed by atoms with van der Waals surface area (Å²) in [6.07, 6.45) is -11.7. The van der Waals surface area contributed by atoms with Crippen molar-refractivity contribution in [1.82, 2.24) is 63.5 Å². The van der Waals surface area contributed by atoms with Gasteiger partial charge in [-0.15, -0.1) is 0 Å². The van der Waals surface area contributed by atoms with Crippen LogP contribution in [0.5, 0.6) is 0 Å². The predicted octanol–water partition coefficient (Wildman–Crippen LogP) is 0.626. The molecule has 117 heavy (non-hydrogen) atoms. The zero-order valence-corrected chi connectivity index (χ0v) is 65.6. The molecule has 10 rings (SSSR count). The second kappa shape index (κ2) is 41.3. The summed E-state index contributed by atoms with van der Waals surface area (Å²) in [5, 5.41) is 50.2. The Bertz CT molecular complexity index is 4900. The van der Waals surface area contributed by atoms with E-state index < -0.39 is 179 Å². The highest BCUT2D eigenvalue weighted by atomic mass is 31.2. The van der Waals surface area contributed by atoms with E-state index in [-0.39, 0.29) is 96.3 Å². The number of nitrogens with two attached hydrogens (primary N) is 4. The van der Waals surface area contributed by atoms with Crippen LogP contribution < -0.4 is 39.6 Å². The van der Waals surface area contributed by atoms with Gasteiger partial charge in [0, 0.05) is 48.1 Å². The van der Waals surface area contributed by atoms with Crippen molar-refractivity contribution in [2.75, 3.05) is 69.1 Å². The molecule has 4 aliphatic heterocycles. The Morgan fingerprint density at radius 1 is 0.632 bits per heavy atom. The summed E-state index contributed by atoms with van der Waals surface area (Å²) in [6, 6.07) is 2.93. The van der Waals surface area contributed by atoms with Gasteiger partial charge in [0.15, 0.2) is 48.1 Å². The Balaban J connectivity index is 0.000000258. The van der Waals surface area contributed by atoms with Gasteiger partial charge in [-0.2, -0.15) is 15.2 Å². The molecule has 0 aliphatic carbocycles. The summed E-state index contributed by atoms with van der Waals surface area (Å²) in [6.45, 7) is 3.62. The molecule has 4 fully saturated rings. The summed E-state index contributed by atoms with van der Waals surface area (Å²) in [5.74, 6) is -1.75. The first-order valence-electron chi connectivity index (χ1n) is 34.8. The lowest BCUT2D eigenvalue weighted by Gasteiger charge is -2.26. The van der Waals surface area contributed by atoms with E-state index in [0.717, 1.165) is 28.3 Å². The Morgan fingerprint density at radius 3 is 1.54 bits per heavy atom. The number of nitriles is 1. The molecule has 0 spiro atoms. The number of esters is 2. The predicted molar refractivity (Wildman–Crippen MR) is 390 cm³/mol. The highest BCUT2D eigenvalue weighted by molar-refractivity contribution is 7.47. The van der Waals surface area contributed by atoms with Gasteiger partial charge < -0.3 is 106 Å². The van der Waals surface area contributed by atoms with Crippen molar-refractivity contribution >= 4 is 94.9 Å². The zero-order chi connectivity index (χ0) is 85.9. The van der Waals surface area contributed by atoms with Gasteiger partial charge in [-0.1, -0.05) is 30.0 Å². The number of ether oxygens (including phenoxy) is 7. The van der Waals surface area contributed by atoms with Crippen LogP contribution in [0.1, 0.15) is 104 Å². The van der Waals surface area contributed by atoms with E-state index in [1.54, 1.807) is 33.8 Å². The number of phosphoric acid groups is 4. The number of unbranched alkanes of at least 4 members (excludes halogenated alkanes) is 2. The largest absolute Gasteiger partial charge is 0.472 e. The van der Waals surface area contributed by atoms with Crippen LogP contribution in [0, 0.1) is 17.2 Å². The fourth-order valence-corrected chi connectivity index (χ4v) is 14.2. The molecule has 0 saturated carbocycles. The van der Waals surface area contributed by atoms with Crippen LogP contribution in [-0.2, 0) is 88.1 Å². The quantitative estimate of drug-likeness (QED) is 0.00493. The number of aliphatic hydroxyl groups is 3. The topological polar surface area (TPSA) is 816 Å². The average Bonchev–Trinajstić information content (AvgIpc) is 1.63. The minimum atomic E-state index is -5.24. The summed E-state index contributed by atoms with van der Waals surface area (Å²) in [7, 11) is -20.3. The van der Waals surface area contributed by atoms with Crippen LogP contribution in [0.2, 0.25) is 0 Å². The van der Waals surface area contributed by atoms with E-state index in [9.17, 15) is 77.1 Å². The second-order valence-corrected chi connectivity index (χ2v) is 31.9. The van der Waals surface area contributed by atoms with E-state index in [1.165, 1.54) is 52.6 Å². The highest BCUT2D eigenvalue weighted by Crippen LogP contribution is 2.52. The number of nitrogens with one attached hydrogen (secondary N) is 1. The number of hydrogen-bond acceptors (Lipinski definition) is 40. The molecule has 642 valence electrons. The molecule has 2 unspecified atom stereocenters. The zero-order valence-electron chi connectivity index (χ0n) is 62.1. The minimum absolute atomic E-state index is 0.0100. The molecule has 1 amide bonds. The van der Waals surface area contributed by atoms with Crippen molar-refractivity contribution in [3.8, 4) is 6.07 Å². The lowest BCUT2D eigenvalue weighted by atomic mass is 10.0. The number of nitrogens with zero attached hydrogens (tertiary/aromatic N) is 19. The van der Waals surface area contributed by atoms with E-state index >= 15 is 0 Å². The molecule has 0 bridgehead atoms. The SMILES string of the molecule is CC(C)(C)OC(=O)N[C@@H](CCCCN=[N+]=[N-])C(=O)O[C@H]1[C@@H](O)[C@H](n2cnc3c(N)ncnc32)O[C@@H]1COP(=O)(O)O[C@H]1C[C@H](n2ccc(N)nc2=O)O[C@@H]1COP(=O)(O)O.C[C@@H](CCCCN=[N+]=[N-])C(=O)OCC#N.Nc1ccn([C@H]2C[C@H](OP(=O)(O)OC[C@H]3O[C@@H](n4cnc5c(N)ncnc54)[C@H](O)[C@@H]3O)[C@@H](COP(=O)(O)O)O2)c(=O)n1. The molecular weight excluding hydrogens is 1650 g/mol. The lowest BCUT2D eigenvalue weighted by Crippen LogP contribution is -2.47. The Morgan fingerprint density at radius 2 is 1.09 bits per heavy atom. The number of alkyl carbamates (subject to hydrolysis) is 1. The fraction of sp³-hybridized carbons (Fsp3) is 0.621. The van der Waals surface area contributed by atoms with E-state index in [4.69, 9.17) is 95.6 Å². The maximum atomic E-state index is 13.8. The number of azide groups is 2. The third-order valence-electron chi connectivity index (χ3n) is 17.0.